The number of benzene rings is 2. The molecule has 0 spiro atoms. The van der Waals surface area contributed by atoms with Crippen LogP contribution < -0.4 is 5.46 Å². The van der Waals surface area contributed by atoms with Crippen molar-refractivity contribution >= 4 is 40.2 Å². The van der Waals surface area contributed by atoms with Gasteiger partial charge in [0.1, 0.15) is 25.0 Å². The lowest BCUT2D eigenvalue weighted by Gasteiger charge is -1.98. The first-order valence-corrected chi connectivity index (χ1v) is 6.38. The third kappa shape index (κ3) is 1.97. The average molecular weight is 303 g/mol. The van der Waals surface area contributed by atoms with Crippen LogP contribution in [0.15, 0.2) is 51.4 Å². The van der Waals surface area contributed by atoms with E-state index in [1.54, 1.807) is 6.07 Å². The van der Waals surface area contributed by atoms with Crippen LogP contribution in [0.5, 0.6) is 0 Å². The first-order chi connectivity index (χ1) is 8.63. The van der Waals surface area contributed by atoms with Crippen molar-refractivity contribution in [1.82, 2.24) is 0 Å². The van der Waals surface area contributed by atoms with E-state index in [1.807, 2.05) is 32.1 Å². The van der Waals surface area contributed by atoms with E-state index < -0.39 is 0 Å². The molecule has 0 fully saturated rings. The van der Waals surface area contributed by atoms with Gasteiger partial charge in [-0.05, 0) is 46.3 Å². The lowest BCUT2D eigenvalue weighted by Crippen LogP contribution is -1.98. The van der Waals surface area contributed by atoms with Crippen LogP contribution in [0.3, 0.4) is 0 Å². The van der Waals surface area contributed by atoms with Gasteiger partial charge in [0.2, 0.25) is 0 Å². The van der Waals surface area contributed by atoms with Crippen molar-refractivity contribution in [1.29, 1.82) is 0 Å². The lowest BCUT2D eigenvalue weighted by atomic mass is 9.95. The van der Waals surface area contributed by atoms with Gasteiger partial charge in [-0.1, -0.05) is 17.6 Å². The van der Waals surface area contributed by atoms with Crippen LogP contribution in [0.25, 0.3) is 22.3 Å². The van der Waals surface area contributed by atoms with Crippen molar-refractivity contribution in [3.05, 3.63) is 52.8 Å². The van der Waals surface area contributed by atoms with Gasteiger partial charge in [-0.25, -0.2) is 4.39 Å². The molecule has 0 aliphatic heterocycles. The van der Waals surface area contributed by atoms with Crippen molar-refractivity contribution in [3.8, 4) is 11.3 Å². The van der Waals surface area contributed by atoms with E-state index in [2.05, 4.69) is 22.0 Å². The zero-order valence-corrected chi connectivity index (χ0v) is 11.3. The highest BCUT2D eigenvalue weighted by molar-refractivity contribution is 9.10. The second-order valence-electron chi connectivity index (χ2n) is 4.28. The topological polar surface area (TPSA) is 13.1 Å². The fourth-order valence-corrected chi connectivity index (χ4v) is 2.20. The van der Waals surface area contributed by atoms with Crippen molar-refractivity contribution in [2.45, 2.75) is 0 Å². The molecule has 2 aromatic carbocycles. The fraction of sp³-hybridized carbons (Fsp3) is 0. The smallest absolute Gasteiger partial charge is 0.139 e. The van der Waals surface area contributed by atoms with E-state index in [4.69, 9.17) is 4.42 Å². The Kier molecular flexibility index (Phi) is 2.75. The number of halogens is 2. The molecular weight excluding hydrogens is 294 g/mol. The summed E-state index contributed by atoms with van der Waals surface area (Å²) in [6.45, 7) is 0. The Morgan fingerprint density at radius 2 is 1.89 bits per heavy atom. The van der Waals surface area contributed by atoms with Gasteiger partial charge < -0.3 is 4.42 Å². The third-order valence-corrected chi connectivity index (χ3v) is 3.52. The molecule has 0 amide bonds. The van der Waals surface area contributed by atoms with Crippen molar-refractivity contribution in [2.24, 2.45) is 0 Å². The van der Waals surface area contributed by atoms with Crippen LogP contribution in [-0.2, 0) is 0 Å². The van der Waals surface area contributed by atoms with Gasteiger partial charge in [-0.15, -0.1) is 0 Å². The summed E-state index contributed by atoms with van der Waals surface area (Å²) in [4.78, 5) is 0. The van der Waals surface area contributed by atoms with Gasteiger partial charge in [0.15, 0.2) is 0 Å². The summed E-state index contributed by atoms with van der Waals surface area (Å²) in [5, 5.41) is 1.04. The molecule has 3 rings (SSSR count). The average Bonchev–Trinajstić information content (AvgIpc) is 2.75. The molecule has 1 aromatic heterocycles. The van der Waals surface area contributed by atoms with Crippen LogP contribution >= 0.6 is 15.9 Å². The van der Waals surface area contributed by atoms with Crippen LogP contribution in [0.4, 0.5) is 4.39 Å². The van der Waals surface area contributed by atoms with Gasteiger partial charge in [0, 0.05) is 10.9 Å². The minimum atomic E-state index is -0.288. The summed E-state index contributed by atoms with van der Waals surface area (Å²) in [5.74, 6) is 0.395. The van der Waals surface area contributed by atoms with Gasteiger partial charge >= 0.3 is 0 Å². The molecule has 0 radical (unpaired) electrons. The van der Waals surface area contributed by atoms with Crippen LogP contribution in [0.2, 0.25) is 0 Å². The van der Waals surface area contributed by atoms with Crippen LogP contribution in [-0.4, -0.2) is 7.85 Å². The summed E-state index contributed by atoms with van der Waals surface area (Å²) >= 11 is 3.14. The molecular formula is C14H9BBrFO. The minimum absolute atomic E-state index is 0.288. The van der Waals surface area contributed by atoms with E-state index in [0.717, 1.165) is 16.5 Å². The second kappa shape index (κ2) is 4.28. The molecule has 1 nitrogen and oxygen atoms in total. The van der Waals surface area contributed by atoms with E-state index in [1.165, 1.54) is 11.5 Å². The summed E-state index contributed by atoms with van der Waals surface area (Å²) in [5.41, 5.74) is 2.74. The molecule has 0 aliphatic rings. The quantitative estimate of drug-likeness (QED) is 0.629. The molecule has 88 valence electrons. The Labute approximate surface area is 113 Å². The van der Waals surface area contributed by atoms with Gasteiger partial charge in [0.05, 0.1) is 4.47 Å². The summed E-state index contributed by atoms with van der Waals surface area (Å²) in [7, 11) is 2.03. The molecule has 18 heavy (non-hydrogen) atoms. The molecule has 0 aliphatic carbocycles. The van der Waals surface area contributed by atoms with Crippen molar-refractivity contribution in [3.63, 3.8) is 0 Å². The van der Waals surface area contributed by atoms with Crippen molar-refractivity contribution in [2.75, 3.05) is 0 Å². The monoisotopic (exact) mass is 302 g/mol. The summed E-state index contributed by atoms with van der Waals surface area (Å²) < 4.78 is 19.7. The van der Waals surface area contributed by atoms with Gasteiger partial charge in [-0.3, -0.25) is 0 Å². The molecule has 0 atom stereocenters. The highest BCUT2D eigenvalue weighted by Crippen LogP contribution is 2.29. The minimum Gasteiger partial charge on any atom is -0.456 e. The lowest BCUT2D eigenvalue weighted by molar-refractivity contribution is 0.614. The largest absolute Gasteiger partial charge is 0.456 e. The molecule has 3 aromatic rings. The first-order valence-electron chi connectivity index (χ1n) is 5.59. The number of hydrogen-bond donors (Lipinski definition) is 0. The maximum absolute atomic E-state index is 13.5. The summed E-state index contributed by atoms with van der Waals surface area (Å²) in [6, 6.07) is 12.9. The van der Waals surface area contributed by atoms with Crippen LogP contribution in [0, 0.1) is 5.82 Å². The predicted molar refractivity (Wildman–Crippen MR) is 77.5 cm³/mol. The molecule has 0 N–H and O–H groups in total. The zero-order valence-electron chi connectivity index (χ0n) is 9.71. The maximum atomic E-state index is 13.5. The van der Waals surface area contributed by atoms with Crippen molar-refractivity contribution < 1.29 is 8.81 Å². The Bertz CT molecular complexity index is 736. The molecule has 0 bridgehead atoms. The Morgan fingerprint density at radius 1 is 1.06 bits per heavy atom. The highest BCUT2D eigenvalue weighted by Gasteiger charge is 2.08. The number of rotatable bonds is 1. The first kappa shape index (κ1) is 11.5. The summed E-state index contributed by atoms with van der Waals surface area (Å²) in [6.07, 6.45) is 0. The predicted octanol–water partition coefficient (Wildman–Crippen LogP) is 3.26. The van der Waals surface area contributed by atoms with Gasteiger partial charge in [0.25, 0.3) is 0 Å². The van der Waals surface area contributed by atoms with E-state index >= 15 is 0 Å². The van der Waals surface area contributed by atoms with E-state index in [0.29, 0.717) is 10.2 Å². The molecule has 4 heteroatoms. The van der Waals surface area contributed by atoms with E-state index in [-0.39, 0.29) is 5.82 Å². The Hall–Kier alpha value is -1.55. The Balaban J connectivity index is 2.16. The molecule has 1 heterocycles. The zero-order chi connectivity index (χ0) is 12.7. The standard InChI is InChI=1S/C14H9BBrFO/c15-10-2-4-13-9(5-10)7-14(18-13)8-1-3-11(16)12(17)6-8/h1-7H,15H2. The molecule has 0 unspecified atom stereocenters. The second-order valence-corrected chi connectivity index (χ2v) is 5.14. The molecule has 0 saturated heterocycles. The van der Waals surface area contributed by atoms with Crippen LogP contribution in [0.1, 0.15) is 0 Å². The fourth-order valence-electron chi connectivity index (χ4n) is 1.95. The third-order valence-electron chi connectivity index (χ3n) is 2.88. The normalized spacial score (nSPS) is 11.0. The number of furan rings is 1. The SMILES string of the molecule is Bc1ccc2oc(-c3ccc(Br)c(F)c3)cc2c1. The number of fused-ring (bicyclic) bond motifs is 1. The maximum Gasteiger partial charge on any atom is 0.139 e. The Morgan fingerprint density at radius 3 is 2.67 bits per heavy atom. The van der Waals surface area contributed by atoms with E-state index in [9.17, 15) is 4.39 Å². The molecule has 0 saturated carbocycles. The number of hydrogen-bond acceptors (Lipinski definition) is 1. The van der Waals surface area contributed by atoms with Gasteiger partial charge in [-0.2, -0.15) is 0 Å². The highest BCUT2D eigenvalue weighted by atomic mass is 79.9.